The summed E-state index contributed by atoms with van der Waals surface area (Å²) in [4.78, 5) is 16.1. The molecule has 1 atom stereocenters. The number of aromatic amines is 1. The number of aliphatic hydroxyl groups is 1. The van der Waals surface area contributed by atoms with Crippen molar-refractivity contribution in [1.82, 2.24) is 14.8 Å². The number of aliphatic hydroxyl groups excluding tert-OH is 1. The molecule has 1 aromatic carbocycles. The molecule has 0 spiro atoms. The van der Waals surface area contributed by atoms with Crippen LogP contribution in [-0.4, -0.2) is 26.5 Å². The van der Waals surface area contributed by atoms with E-state index in [-0.39, 0.29) is 23.8 Å². The van der Waals surface area contributed by atoms with E-state index >= 15 is 0 Å². The van der Waals surface area contributed by atoms with Crippen LogP contribution in [0, 0.1) is 12.3 Å². The van der Waals surface area contributed by atoms with Crippen molar-refractivity contribution < 1.29 is 9.84 Å². The lowest BCUT2D eigenvalue weighted by atomic mass is 9.73. The highest BCUT2D eigenvalue weighted by atomic mass is 16.5. The standard InChI is InChI=1S/C25H31N3O3/c1-15-7-8-20-17(13-26-28(20)21-6-4-5-11-31-21)22(15)23-16-9-10-25(2,3)12-19(16)27-24(30)18(23)14-29/h7-8,13,21,29H,4-6,9-12,14H2,1-3H3,(H,27,30). The second kappa shape index (κ2) is 7.61. The van der Waals surface area contributed by atoms with E-state index in [2.05, 4.69) is 37.9 Å². The fourth-order valence-corrected chi connectivity index (χ4v) is 5.35. The van der Waals surface area contributed by atoms with E-state index in [9.17, 15) is 9.90 Å². The third-order valence-corrected chi connectivity index (χ3v) is 7.04. The van der Waals surface area contributed by atoms with Crippen LogP contribution in [0.3, 0.4) is 0 Å². The van der Waals surface area contributed by atoms with Crippen LogP contribution in [0.4, 0.5) is 0 Å². The largest absolute Gasteiger partial charge is 0.391 e. The van der Waals surface area contributed by atoms with Crippen LogP contribution in [-0.2, 0) is 24.2 Å². The topological polar surface area (TPSA) is 80.1 Å². The molecule has 6 nitrogen and oxygen atoms in total. The van der Waals surface area contributed by atoms with Crippen molar-refractivity contribution in [2.75, 3.05) is 6.61 Å². The summed E-state index contributed by atoms with van der Waals surface area (Å²) in [6, 6.07) is 4.20. The lowest BCUT2D eigenvalue weighted by molar-refractivity contribution is -0.0366. The molecule has 1 saturated heterocycles. The van der Waals surface area contributed by atoms with Gasteiger partial charge in [0.25, 0.3) is 5.56 Å². The van der Waals surface area contributed by atoms with Gasteiger partial charge in [0.05, 0.1) is 23.9 Å². The van der Waals surface area contributed by atoms with Gasteiger partial charge in [-0.25, -0.2) is 4.68 Å². The third kappa shape index (κ3) is 3.42. The highest BCUT2D eigenvalue weighted by Crippen LogP contribution is 2.42. The third-order valence-electron chi connectivity index (χ3n) is 7.04. The number of hydrogen-bond donors (Lipinski definition) is 2. The average Bonchev–Trinajstić information content (AvgIpc) is 3.17. The van der Waals surface area contributed by atoms with Crippen LogP contribution in [0.5, 0.6) is 0 Å². The van der Waals surface area contributed by atoms with Gasteiger partial charge in [-0.05, 0) is 79.2 Å². The van der Waals surface area contributed by atoms with Crippen molar-refractivity contribution in [2.24, 2.45) is 5.41 Å². The number of aromatic nitrogens is 3. The average molecular weight is 422 g/mol. The predicted molar refractivity (Wildman–Crippen MR) is 121 cm³/mol. The number of ether oxygens (including phenoxy) is 1. The molecule has 0 amide bonds. The maximum atomic E-state index is 13.0. The number of benzene rings is 1. The molecule has 1 unspecified atom stereocenters. The molecule has 2 aliphatic rings. The van der Waals surface area contributed by atoms with Gasteiger partial charge in [-0.15, -0.1) is 0 Å². The number of pyridine rings is 1. The first kappa shape index (κ1) is 20.5. The molecule has 1 fully saturated rings. The van der Waals surface area contributed by atoms with Crippen molar-refractivity contribution >= 4 is 10.9 Å². The Labute approximate surface area is 182 Å². The maximum absolute atomic E-state index is 13.0. The van der Waals surface area contributed by atoms with Crippen LogP contribution in [0.2, 0.25) is 0 Å². The molecule has 1 aliphatic carbocycles. The molecule has 2 N–H and O–H groups in total. The first-order valence-electron chi connectivity index (χ1n) is 11.4. The molecule has 31 heavy (non-hydrogen) atoms. The number of H-pyrrole nitrogens is 1. The summed E-state index contributed by atoms with van der Waals surface area (Å²) < 4.78 is 7.97. The normalized spacial score (nSPS) is 20.7. The summed E-state index contributed by atoms with van der Waals surface area (Å²) in [6.07, 6.45) is 7.81. The van der Waals surface area contributed by atoms with Crippen molar-refractivity contribution in [2.45, 2.75) is 72.1 Å². The predicted octanol–water partition coefficient (Wildman–Crippen LogP) is 4.41. The minimum absolute atomic E-state index is 0.0481. The number of nitrogens with one attached hydrogen (secondary N) is 1. The molecule has 5 rings (SSSR count). The Balaban J connectivity index is 1.76. The molecule has 6 heteroatoms. The van der Waals surface area contributed by atoms with Crippen LogP contribution in [0.15, 0.2) is 23.1 Å². The minimum Gasteiger partial charge on any atom is -0.391 e. The molecule has 0 radical (unpaired) electrons. The van der Waals surface area contributed by atoms with Gasteiger partial charge in [0.2, 0.25) is 0 Å². The Morgan fingerprint density at radius 3 is 2.87 bits per heavy atom. The van der Waals surface area contributed by atoms with Gasteiger partial charge in [0.15, 0.2) is 6.23 Å². The first-order chi connectivity index (χ1) is 14.9. The van der Waals surface area contributed by atoms with Crippen molar-refractivity contribution in [3.05, 3.63) is 51.1 Å². The van der Waals surface area contributed by atoms with E-state index < -0.39 is 0 Å². The summed E-state index contributed by atoms with van der Waals surface area (Å²) in [7, 11) is 0. The van der Waals surface area contributed by atoms with Crippen molar-refractivity contribution in [1.29, 1.82) is 0 Å². The van der Waals surface area contributed by atoms with Gasteiger partial charge in [-0.3, -0.25) is 4.79 Å². The first-order valence-corrected chi connectivity index (χ1v) is 11.4. The second-order valence-electron chi connectivity index (χ2n) is 9.86. The molecule has 3 heterocycles. The van der Waals surface area contributed by atoms with Gasteiger partial charge in [-0.2, -0.15) is 5.10 Å². The van der Waals surface area contributed by atoms with Gasteiger partial charge in [0.1, 0.15) is 0 Å². The zero-order valence-electron chi connectivity index (χ0n) is 18.6. The summed E-state index contributed by atoms with van der Waals surface area (Å²) in [5.74, 6) is 0. The number of nitrogens with zero attached hydrogens (tertiary/aromatic N) is 2. The molecule has 0 bridgehead atoms. The maximum Gasteiger partial charge on any atom is 0.254 e. The highest BCUT2D eigenvalue weighted by Gasteiger charge is 2.31. The fraction of sp³-hybridized carbons (Fsp3) is 0.520. The van der Waals surface area contributed by atoms with E-state index in [1.54, 1.807) is 0 Å². The lowest BCUT2D eigenvalue weighted by Gasteiger charge is -2.33. The molecule has 1 aliphatic heterocycles. The number of hydrogen-bond acceptors (Lipinski definition) is 4. The van der Waals surface area contributed by atoms with Crippen LogP contribution in [0.25, 0.3) is 22.0 Å². The van der Waals surface area contributed by atoms with Crippen LogP contribution >= 0.6 is 0 Å². The molecule has 3 aromatic rings. The van der Waals surface area contributed by atoms with Gasteiger partial charge < -0.3 is 14.8 Å². The van der Waals surface area contributed by atoms with E-state index in [0.717, 1.165) is 78.4 Å². The zero-order valence-corrected chi connectivity index (χ0v) is 18.6. The van der Waals surface area contributed by atoms with Gasteiger partial charge in [0, 0.05) is 17.7 Å². The highest BCUT2D eigenvalue weighted by molar-refractivity contribution is 5.98. The summed E-state index contributed by atoms with van der Waals surface area (Å²) in [5.41, 5.74) is 6.62. The SMILES string of the molecule is Cc1ccc2c(cnn2C2CCCCO2)c1-c1c2c([nH]c(=O)c1CO)CC(C)(C)CC2. The van der Waals surface area contributed by atoms with Crippen molar-refractivity contribution in [3.8, 4) is 11.1 Å². The Bertz CT molecular complexity index is 1200. The van der Waals surface area contributed by atoms with Crippen molar-refractivity contribution in [3.63, 3.8) is 0 Å². The summed E-state index contributed by atoms with van der Waals surface area (Å²) in [6.45, 7) is 7.04. The van der Waals surface area contributed by atoms with E-state index in [1.165, 1.54) is 5.56 Å². The Kier molecular flexibility index (Phi) is 5.02. The lowest BCUT2D eigenvalue weighted by Crippen LogP contribution is -2.28. The summed E-state index contributed by atoms with van der Waals surface area (Å²) in [5, 5.41) is 15.9. The Hall–Kier alpha value is -2.44. The molecular formula is C25H31N3O3. The summed E-state index contributed by atoms with van der Waals surface area (Å²) >= 11 is 0. The van der Waals surface area contributed by atoms with E-state index in [1.807, 2.05) is 10.9 Å². The molecule has 2 aromatic heterocycles. The zero-order chi connectivity index (χ0) is 21.8. The Morgan fingerprint density at radius 1 is 1.29 bits per heavy atom. The number of rotatable bonds is 3. The van der Waals surface area contributed by atoms with Gasteiger partial charge in [-0.1, -0.05) is 19.9 Å². The monoisotopic (exact) mass is 421 g/mol. The minimum atomic E-state index is -0.281. The quantitative estimate of drug-likeness (QED) is 0.657. The van der Waals surface area contributed by atoms with Gasteiger partial charge >= 0.3 is 0 Å². The fourth-order valence-electron chi connectivity index (χ4n) is 5.35. The van der Waals surface area contributed by atoms with E-state index in [4.69, 9.17) is 9.84 Å². The molecule has 164 valence electrons. The number of fused-ring (bicyclic) bond motifs is 2. The number of aryl methyl sites for hydroxylation is 1. The van der Waals surface area contributed by atoms with Crippen LogP contribution in [0.1, 0.15) is 68.1 Å². The Morgan fingerprint density at radius 2 is 2.13 bits per heavy atom. The molecular weight excluding hydrogens is 390 g/mol. The molecule has 0 saturated carbocycles. The second-order valence-corrected chi connectivity index (χ2v) is 9.86. The smallest absolute Gasteiger partial charge is 0.254 e. The van der Waals surface area contributed by atoms with Crippen LogP contribution < -0.4 is 5.56 Å². The van der Waals surface area contributed by atoms with E-state index in [0.29, 0.717) is 5.56 Å².